The fourth-order valence-electron chi connectivity index (χ4n) is 5.28. The highest BCUT2D eigenvalue weighted by molar-refractivity contribution is 5.90. The van der Waals surface area contributed by atoms with Gasteiger partial charge in [-0.1, -0.05) is 30.3 Å². The van der Waals surface area contributed by atoms with Gasteiger partial charge in [-0.15, -0.1) is 0 Å². The number of hydrogen-bond donors (Lipinski definition) is 1. The molecule has 0 bridgehead atoms. The molecule has 3 heterocycles. The van der Waals surface area contributed by atoms with E-state index in [1.807, 2.05) is 115 Å². The number of methoxy groups -OCH3 is 1. The predicted octanol–water partition coefficient (Wildman–Crippen LogP) is 6.52. The van der Waals surface area contributed by atoms with Crippen molar-refractivity contribution in [1.82, 2.24) is 19.2 Å². The Balaban J connectivity index is 1.47. The number of benzene rings is 3. The largest absolute Gasteiger partial charge is 0.497 e. The molecule has 0 saturated heterocycles. The van der Waals surface area contributed by atoms with E-state index in [2.05, 4.69) is 16.0 Å². The van der Waals surface area contributed by atoms with Crippen molar-refractivity contribution < 1.29 is 14.3 Å². The third kappa shape index (κ3) is 4.58. The van der Waals surface area contributed by atoms with Crippen molar-refractivity contribution in [2.24, 2.45) is 0 Å². The lowest BCUT2D eigenvalue weighted by atomic mass is 10.0. The van der Waals surface area contributed by atoms with E-state index in [1.165, 1.54) is 0 Å². The first-order chi connectivity index (χ1) is 19.6. The Hall–Kier alpha value is -4.98. The summed E-state index contributed by atoms with van der Waals surface area (Å²) in [6.45, 7) is 4.90. The van der Waals surface area contributed by atoms with Crippen LogP contribution in [-0.2, 0) is 6.54 Å². The van der Waals surface area contributed by atoms with Crippen LogP contribution in [0.5, 0.6) is 11.5 Å². The number of urea groups is 1. The fraction of sp³-hybridized carbons (Fsp3) is 0.188. The molecule has 1 atom stereocenters. The average Bonchev–Trinajstić information content (AvgIpc) is 3.55. The number of carbonyl (C=O) groups is 1. The minimum Gasteiger partial charge on any atom is -0.497 e. The molecule has 1 N–H and O–H groups in total. The van der Waals surface area contributed by atoms with E-state index in [0.717, 1.165) is 45.5 Å². The van der Waals surface area contributed by atoms with E-state index in [4.69, 9.17) is 14.6 Å². The van der Waals surface area contributed by atoms with E-state index >= 15 is 0 Å². The molecule has 0 saturated carbocycles. The Kier molecular flexibility index (Phi) is 6.74. The number of ether oxygens (including phenoxy) is 2. The second-order valence-corrected chi connectivity index (χ2v) is 9.63. The highest BCUT2D eigenvalue weighted by atomic mass is 16.5. The molecule has 0 spiro atoms. The number of carbonyl (C=O) groups excluding carboxylic acids is 1. The molecule has 0 radical (unpaired) electrons. The summed E-state index contributed by atoms with van der Waals surface area (Å²) >= 11 is 0. The SMILES string of the molecule is CCOc1ccc(NC(=O)N2Cc3c(C)nn(-c4ccccc4)c3-n3cccc3[C@@H]2c2ccc(OC)cc2)cc1. The first kappa shape index (κ1) is 25.3. The van der Waals surface area contributed by atoms with Crippen LogP contribution >= 0.6 is 0 Å². The molecule has 1 aliphatic heterocycles. The Bertz CT molecular complexity index is 1620. The zero-order valence-corrected chi connectivity index (χ0v) is 22.7. The number of nitrogens with zero attached hydrogens (tertiary/aromatic N) is 4. The fourth-order valence-corrected chi connectivity index (χ4v) is 5.28. The molecule has 0 unspecified atom stereocenters. The summed E-state index contributed by atoms with van der Waals surface area (Å²) in [7, 11) is 1.65. The van der Waals surface area contributed by atoms with Crippen molar-refractivity contribution in [3.63, 3.8) is 0 Å². The second-order valence-electron chi connectivity index (χ2n) is 9.63. The molecule has 0 fully saturated rings. The third-order valence-corrected chi connectivity index (χ3v) is 7.20. The molecule has 1 aliphatic rings. The van der Waals surface area contributed by atoms with Crippen molar-refractivity contribution in [2.75, 3.05) is 19.0 Å². The van der Waals surface area contributed by atoms with E-state index in [0.29, 0.717) is 18.8 Å². The first-order valence-corrected chi connectivity index (χ1v) is 13.3. The van der Waals surface area contributed by atoms with Gasteiger partial charge in [-0.05, 0) is 80.1 Å². The predicted molar refractivity (Wildman–Crippen MR) is 155 cm³/mol. The minimum absolute atomic E-state index is 0.211. The second kappa shape index (κ2) is 10.6. The maximum atomic E-state index is 14.1. The van der Waals surface area contributed by atoms with Crippen LogP contribution in [0, 0.1) is 6.92 Å². The van der Waals surface area contributed by atoms with Crippen LogP contribution < -0.4 is 14.8 Å². The van der Waals surface area contributed by atoms with Crippen LogP contribution in [0.1, 0.15) is 35.5 Å². The number of fused-ring (bicyclic) bond motifs is 3. The molecule has 2 aromatic heterocycles. The molecular weight excluding hydrogens is 502 g/mol. The van der Waals surface area contributed by atoms with Gasteiger partial charge in [0.05, 0.1) is 43.4 Å². The lowest BCUT2D eigenvalue weighted by molar-refractivity contribution is 0.194. The van der Waals surface area contributed by atoms with E-state index in [9.17, 15) is 4.79 Å². The standard InChI is InChI=1S/C32H31N5O3/c1-4-40-27-18-14-24(15-19-27)33-32(38)36-21-28-22(2)34-37(25-9-6-5-7-10-25)31(28)35-20-8-11-29(35)30(36)23-12-16-26(39-3)17-13-23/h5-20,30H,4,21H2,1-3H3,(H,33,38)/t30-/m0/s1. The summed E-state index contributed by atoms with van der Waals surface area (Å²) in [5.41, 5.74) is 5.44. The van der Waals surface area contributed by atoms with Crippen LogP contribution in [0.2, 0.25) is 0 Å². The lowest BCUT2D eigenvalue weighted by Gasteiger charge is -2.31. The smallest absolute Gasteiger partial charge is 0.322 e. The number of anilines is 1. The zero-order chi connectivity index (χ0) is 27.6. The van der Waals surface area contributed by atoms with E-state index in [1.54, 1.807) is 7.11 Å². The molecule has 5 aromatic rings. The molecule has 202 valence electrons. The summed E-state index contributed by atoms with van der Waals surface area (Å²) < 4.78 is 15.1. The maximum Gasteiger partial charge on any atom is 0.322 e. The summed E-state index contributed by atoms with van der Waals surface area (Å²) in [4.78, 5) is 16.0. The van der Waals surface area contributed by atoms with Gasteiger partial charge in [0.25, 0.3) is 0 Å². The van der Waals surface area contributed by atoms with Crippen LogP contribution in [0.3, 0.4) is 0 Å². The first-order valence-electron chi connectivity index (χ1n) is 13.3. The van der Waals surface area contributed by atoms with Crippen molar-refractivity contribution >= 4 is 11.7 Å². The molecule has 0 aliphatic carbocycles. The maximum absolute atomic E-state index is 14.1. The van der Waals surface area contributed by atoms with Crippen molar-refractivity contribution in [1.29, 1.82) is 0 Å². The van der Waals surface area contributed by atoms with Gasteiger partial charge < -0.3 is 24.3 Å². The number of rotatable bonds is 6. The Morgan fingerprint density at radius 1 is 0.950 bits per heavy atom. The number of para-hydroxylation sites is 1. The van der Waals surface area contributed by atoms with Crippen LogP contribution in [-0.4, -0.2) is 39.0 Å². The topological polar surface area (TPSA) is 73.5 Å². The Morgan fingerprint density at radius 2 is 1.68 bits per heavy atom. The zero-order valence-electron chi connectivity index (χ0n) is 22.7. The molecular formula is C32H31N5O3. The van der Waals surface area contributed by atoms with E-state index < -0.39 is 0 Å². The molecule has 6 rings (SSSR count). The number of nitrogens with one attached hydrogen (secondary N) is 1. The highest BCUT2D eigenvalue weighted by Crippen LogP contribution is 2.39. The van der Waals surface area contributed by atoms with Crippen LogP contribution in [0.4, 0.5) is 10.5 Å². The van der Waals surface area contributed by atoms with Crippen LogP contribution in [0.15, 0.2) is 97.2 Å². The third-order valence-electron chi connectivity index (χ3n) is 7.20. The van der Waals surface area contributed by atoms with Crippen LogP contribution in [0.25, 0.3) is 11.5 Å². The summed E-state index contributed by atoms with van der Waals surface area (Å²) in [5.74, 6) is 2.45. The molecule has 8 nitrogen and oxygen atoms in total. The molecule has 3 aromatic carbocycles. The lowest BCUT2D eigenvalue weighted by Crippen LogP contribution is -2.38. The normalized spacial score (nSPS) is 14.2. The summed E-state index contributed by atoms with van der Waals surface area (Å²) in [5, 5.41) is 8.03. The minimum atomic E-state index is -0.361. The molecule has 40 heavy (non-hydrogen) atoms. The van der Waals surface area contributed by atoms with Gasteiger partial charge in [0.2, 0.25) is 0 Å². The van der Waals surface area contributed by atoms with Gasteiger partial charge >= 0.3 is 6.03 Å². The summed E-state index contributed by atoms with van der Waals surface area (Å²) in [6, 6.07) is 28.9. The number of aromatic nitrogens is 3. The number of hydrogen-bond acceptors (Lipinski definition) is 4. The van der Waals surface area contributed by atoms with Gasteiger partial charge in [-0.2, -0.15) is 5.10 Å². The number of aryl methyl sites for hydroxylation is 1. The monoisotopic (exact) mass is 533 g/mol. The summed E-state index contributed by atoms with van der Waals surface area (Å²) in [6.07, 6.45) is 2.04. The van der Waals surface area contributed by atoms with Gasteiger partial charge in [-0.25, -0.2) is 9.48 Å². The molecule has 2 amide bonds. The van der Waals surface area contributed by atoms with Gasteiger partial charge in [0, 0.05) is 17.4 Å². The average molecular weight is 534 g/mol. The Labute approximate surface area is 233 Å². The number of amides is 2. The van der Waals surface area contributed by atoms with Crippen molar-refractivity contribution in [2.45, 2.75) is 26.4 Å². The molecule has 8 heteroatoms. The van der Waals surface area contributed by atoms with Crippen molar-refractivity contribution in [3.8, 4) is 23.0 Å². The van der Waals surface area contributed by atoms with E-state index in [-0.39, 0.29) is 12.1 Å². The Morgan fingerprint density at radius 3 is 2.38 bits per heavy atom. The quantitative estimate of drug-likeness (QED) is 0.270. The van der Waals surface area contributed by atoms with Gasteiger partial charge in [0.1, 0.15) is 17.3 Å². The van der Waals surface area contributed by atoms with Gasteiger partial charge in [0.15, 0.2) is 0 Å². The van der Waals surface area contributed by atoms with Gasteiger partial charge in [-0.3, -0.25) is 0 Å². The van der Waals surface area contributed by atoms with Crippen molar-refractivity contribution in [3.05, 3.63) is 120 Å². The highest BCUT2D eigenvalue weighted by Gasteiger charge is 2.36.